The largest absolute Gasteiger partial charge is 0.461 e. The molecule has 0 saturated carbocycles. The van der Waals surface area contributed by atoms with Gasteiger partial charge >= 0.3 is 5.97 Å². The van der Waals surface area contributed by atoms with Crippen LogP contribution in [0.3, 0.4) is 0 Å². The molecule has 23 heavy (non-hydrogen) atoms. The van der Waals surface area contributed by atoms with Gasteiger partial charge in [-0.25, -0.2) is 9.48 Å². The molecular weight excluding hydrogens is 300 g/mol. The predicted octanol–water partition coefficient (Wildman–Crippen LogP) is 0.751. The van der Waals surface area contributed by atoms with E-state index in [0.717, 1.165) is 4.90 Å². The van der Waals surface area contributed by atoms with Crippen molar-refractivity contribution < 1.29 is 19.1 Å². The molecule has 8 heteroatoms. The lowest BCUT2D eigenvalue weighted by Crippen LogP contribution is -2.33. The highest BCUT2D eigenvalue weighted by molar-refractivity contribution is 6.21. The molecule has 2 aromatic rings. The van der Waals surface area contributed by atoms with Gasteiger partial charge in [-0.15, -0.1) is 5.10 Å². The van der Waals surface area contributed by atoms with E-state index in [1.807, 2.05) is 0 Å². The zero-order chi connectivity index (χ0) is 16.4. The van der Waals surface area contributed by atoms with Crippen molar-refractivity contribution in [3.63, 3.8) is 0 Å². The van der Waals surface area contributed by atoms with Gasteiger partial charge in [-0.2, -0.15) is 0 Å². The van der Waals surface area contributed by atoms with Crippen molar-refractivity contribution in [2.75, 3.05) is 13.2 Å². The lowest BCUT2D eigenvalue weighted by Gasteiger charge is -2.13. The lowest BCUT2D eigenvalue weighted by molar-refractivity contribution is 0.0518. The zero-order valence-electron chi connectivity index (χ0n) is 12.4. The average molecular weight is 314 g/mol. The quantitative estimate of drug-likeness (QED) is 0.597. The van der Waals surface area contributed by atoms with Crippen LogP contribution in [-0.2, 0) is 11.3 Å². The normalized spacial score (nSPS) is 13.3. The molecule has 0 atom stereocenters. The van der Waals surface area contributed by atoms with Crippen LogP contribution in [0.5, 0.6) is 0 Å². The topological polar surface area (TPSA) is 94.4 Å². The first-order valence-corrected chi connectivity index (χ1v) is 7.14. The summed E-state index contributed by atoms with van der Waals surface area (Å²) in [7, 11) is 0. The number of nitrogens with zero attached hydrogens (tertiary/aromatic N) is 4. The third-order valence-corrected chi connectivity index (χ3v) is 3.45. The Balaban J connectivity index is 1.67. The maximum absolute atomic E-state index is 12.2. The smallest absolute Gasteiger partial charge is 0.360 e. The molecule has 118 valence electrons. The highest BCUT2D eigenvalue weighted by Crippen LogP contribution is 2.22. The number of amides is 2. The second kappa shape index (κ2) is 5.99. The molecule has 0 saturated heterocycles. The molecule has 0 radical (unpaired) electrons. The predicted molar refractivity (Wildman–Crippen MR) is 77.8 cm³/mol. The number of rotatable bonds is 5. The average Bonchev–Trinajstić information content (AvgIpc) is 3.12. The van der Waals surface area contributed by atoms with Gasteiger partial charge in [0.25, 0.3) is 11.8 Å². The molecule has 0 N–H and O–H groups in total. The summed E-state index contributed by atoms with van der Waals surface area (Å²) in [5.74, 6) is -1.20. The van der Waals surface area contributed by atoms with Crippen LogP contribution in [0.4, 0.5) is 0 Å². The molecule has 1 aromatic carbocycles. The second-order valence-corrected chi connectivity index (χ2v) is 4.89. The van der Waals surface area contributed by atoms with Crippen LogP contribution in [0, 0.1) is 0 Å². The Hall–Kier alpha value is -3.03. The standard InChI is InChI=1S/C15H14N4O4/c1-2-23-15(22)12-9-18(17-16-12)7-8-19-13(20)10-5-3-4-6-11(10)14(19)21/h3-6,9H,2,7-8H2,1H3. The minimum absolute atomic E-state index is 0.0919. The zero-order valence-corrected chi connectivity index (χ0v) is 12.4. The number of ether oxygens (including phenoxy) is 1. The van der Waals surface area contributed by atoms with Crippen LogP contribution < -0.4 is 0 Å². The fraction of sp³-hybridized carbons (Fsp3) is 0.267. The summed E-state index contributed by atoms with van der Waals surface area (Å²) in [6.45, 7) is 2.35. The molecule has 0 unspecified atom stereocenters. The summed E-state index contributed by atoms with van der Waals surface area (Å²) in [6, 6.07) is 6.70. The molecule has 8 nitrogen and oxygen atoms in total. The highest BCUT2D eigenvalue weighted by Gasteiger charge is 2.34. The first-order valence-electron chi connectivity index (χ1n) is 7.14. The Morgan fingerprint density at radius 3 is 2.39 bits per heavy atom. The lowest BCUT2D eigenvalue weighted by atomic mass is 10.1. The first-order chi connectivity index (χ1) is 11.1. The van der Waals surface area contributed by atoms with E-state index >= 15 is 0 Å². The number of benzene rings is 1. The number of fused-ring (bicyclic) bond motifs is 1. The van der Waals surface area contributed by atoms with Gasteiger partial charge in [0.2, 0.25) is 0 Å². The highest BCUT2D eigenvalue weighted by atomic mass is 16.5. The number of carbonyl (C=O) groups excluding carboxylic acids is 3. The molecule has 0 spiro atoms. The Bertz CT molecular complexity index is 748. The SMILES string of the molecule is CCOC(=O)c1cn(CCN2C(=O)c3ccccc3C2=O)nn1. The van der Waals surface area contributed by atoms with Gasteiger partial charge < -0.3 is 4.74 Å². The van der Waals surface area contributed by atoms with E-state index in [9.17, 15) is 14.4 Å². The molecule has 2 heterocycles. The van der Waals surface area contributed by atoms with E-state index in [-0.39, 0.29) is 37.2 Å². The van der Waals surface area contributed by atoms with Gasteiger partial charge in [-0.1, -0.05) is 17.3 Å². The van der Waals surface area contributed by atoms with E-state index in [2.05, 4.69) is 10.3 Å². The van der Waals surface area contributed by atoms with Gasteiger partial charge in [0.05, 0.1) is 30.5 Å². The van der Waals surface area contributed by atoms with Crippen LogP contribution >= 0.6 is 0 Å². The van der Waals surface area contributed by atoms with Gasteiger partial charge in [-0.3, -0.25) is 14.5 Å². The Morgan fingerprint density at radius 1 is 1.13 bits per heavy atom. The van der Waals surface area contributed by atoms with Crippen LogP contribution in [0.15, 0.2) is 30.5 Å². The van der Waals surface area contributed by atoms with Crippen LogP contribution in [0.2, 0.25) is 0 Å². The Morgan fingerprint density at radius 2 is 1.78 bits per heavy atom. The summed E-state index contributed by atoms with van der Waals surface area (Å²) in [5, 5.41) is 7.50. The third kappa shape index (κ3) is 2.70. The fourth-order valence-corrected chi connectivity index (χ4v) is 2.35. The number of carbonyl (C=O) groups is 3. The van der Waals surface area contributed by atoms with Gasteiger partial charge in [0, 0.05) is 6.54 Å². The minimum Gasteiger partial charge on any atom is -0.461 e. The van der Waals surface area contributed by atoms with Crippen molar-refractivity contribution >= 4 is 17.8 Å². The maximum atomic E-state index is 12.2. The molecule has 0 bridgehead atoms. The van der Waals surface area contributed by atoms with Gasteiger partial charge in [0.1, 0.15) is 0 Å². The van der Waals surface area contributed by atoms with E-state index in [4.69, 9.17) is 4.74 Å². The van der Waals surface area contributed by atoms with Crippen molar-refractivity contribution in [2.45, 2.75) is 13.5 Å². The molecule has 3 rings (SSSR count). The van der Waals surface area contributed by atoms with Crippen LogP contribution in [0.25, 0.3) is 0 Å². The van der Waals surface area contributed by atoms with Crippen molar-refractivity contribution in [1.29, 1.82) is 0 Å². The fourth-order valence-electron chi connectivity index (χ4n) is 2.35. The number of imide groups is 1. The van der Waals surface area contributed by atoms with E-state index in [0.29, 0.717) is 11.1 Å². The molecule has 1 aliphatic rings. The third-order valence-electron chi connectivity index (χ3n) is 3.45. The molecule has 1 aromatic heterocycles. The number of hydrogen-bond acceptors (Lipinski definition) is 6. The summed E-state index contributed by atoms with van der Waals surface area (Å²) < 4.78 is 6.22. The van der Waals surface area contributed by atoms with E-state index in [1.54, 1.807) is 31.2 Å². The molecular formula is C15H14N4O4. The Kier molecular flexibility index (Phi) is 3.88. The van der Waals surface area contributed by atoms with Crippen molar-refractivity contribution in [2.24, 2.45) is 0 Å². The number of hydrogen-bond donors (Lipinski definition) is 0. The summed E-state index contributed by atoms with van der Waals surface area (Å²) in [4.78, 5) is 37.1. The van der Waals surface area contributed by atoms with Crippen molar-refractivity contribution in [3.05, 3.63) is 47.3 Å². The van der Waals surface area contributed by atoms with Gasteiger partial charge in [-0.05, 0) is 19.1 Å². The number of aromatic nitrogens is 3. The van der Waals surface area contributed by atoms with E-state index < -0.39 is 5.97 Å². The second-order valence-electron chi connectivity index (χ2n) is 4.89. The minimum atomic E-state index is -0.556. The van der Waals surface area contributed by atoms with Crippen LogP contribution in [0.1, 0.15) is 38.1 Å². The molecule has 0 aliphatic carbocycles. The first kappa shape index (κ1) is 14.9. The monoisotopic (exact) mass is 314 g/mol. The Labute approximate surface area is 131 Å². The number of esters is 1. The molecule has 0 fully saturated rings. The van der Waals surface area contributed by atoms with Crippen LogP contribution in [-0.4, -0.2) is 50.8 Å². The van der Waals surface area contributed by atoms with Gasteiger partial charge in [0.15, 0.2) is 5.69 Å². The summed E-state index contributed by atoms with van der Waals surface area (Å²) >= 11 is 0. The van der Waals surface area contributed by atoms with Crippen molar-refractivity contribution in [3.8, 4) is 0 Å². The van der Waals surface area contributed by atoms with E-state index in [1.165, 1.54) is 10.9 Å². The molecule has 2 amide bonds. The maximum Gasteiger partial charge on any atom is 0.360 e. The summed E-state index contributed by atoms with van der Waals surface area (Å²) in [6.07, 6.45) is 1.43. The molecule has 1 aliphatic heterocycles. The summed E-state index contributed by atoms with van der Waals surface area (Å²) in [5.41, 5.74) is 0.904. The van der Waals surface area contributed by atoms with Crippen molar-refractivity contribution in [1.82, 2.24) is 19.9 Å².